The van der Waals surface area contributed by atoms with Crippen molar-refractivity contribution in [3.05, 3.63) is 30.1 Å². The van der Waals surface area contributed by atoms with Crippen molar-refractivity contribution in [2.75, 3.05) is 13.2 Å². The number of hydrogen-bond acceptors (Lipinski definition) is 3. The Hall–Kier alpha value is -1.42. The van der Waals surface area contributed by atoms with Crippen molar-refractivity contribution in [2.45, 2.75) is 6.10 Å². The molecular formula is C9H10N2O2. The van der Waals surface area contributed by atoms with Gasteiger partial charge in [0.2, 0.25) is 0 Å². The minimum absolute atomic E-state index is 0.0840. The van der Waals surface area contributed by atoms with Gasteiger partial charge in [0.05, 0.1) is 6.61 Å². The first kappa shape index (κ1) is 8.19. The maximum atomic E-state index is 11.3. The van der Waals surface area contributed by atoms with Gasteiger partial charge in [-0.3, -0.25) is 9.78 Å². The molecule has 1 fully saturated rings. The highest BCUT2D eigenvalue weighted by molar-refractivity contribution is 5.82. The summed E-state index contributed by atoms with van der Waals surface area (Å²) in [5.74, 6) is -0.0840. The first-order valence-corrected chi connectivity index (χ1v) is 4.17. The van der Waals surface area contributed by atoms with Crippen molar-refractivity contribution in [3.63, 3.8) is 0 Å². The van der Waals surface area contributed by atoms with Gasteiger partial charge in [-0.25, -0.2) is 0 Å². The minimum atomic E-state index is -0.484. The third-order valence-corrected chi connectivity index (χ3v) is 1.91. The Balaban J connectivity index is 2.20. The van der Waals surface area contributed by atoms with E-state index in [1.54, 1.807) is 18.5 Å². The number of carbonyl (C=O) groups excluding carboxylic acids is 1. The third-order valence-electron chi connectivity index (χ3n) is 1.91. The Bertz CT molecular complexity index is 300. The summed E-state index contributed by atoms with van der Waals surface area (Å²) >= 11 is 0. The van der Waals surface area contributed by atoms with Gasteiger partial charge in [-0.15, -0.1) is 0 Å². The van der Waals surface area contributed by atoms with E-state index in [1.165, 1.54) is 0 Å². The second-order valence-electron chi connectivity index (χ2n) is 2.83. The highest BCUT2D eigenvalue weighted by atomic mass is 16.5. The van der Waals surface area contributed by atoms with Gasteiger partial charge < -0.3 is 10.1 Å². The Labute approximate surface area is 75.9 Å². The van der Waals surface area contributed by atoms with E-state index in [4.69, 9.17) is 4.74 Å². The van der Waals surface area contributed by atoms with Gasteiger partial charge in [0.1, 0.15) is 0 Å². The van der Waals surface area contributed by atoms with Crippen LogP contribution in [0.15, 0.2) is 24.5 Å². The molecule has 4 heteroatoms. The van der Waals surface area contributed by atoms with Crippen LogP contribution in [0.4, 0.5) is 0 Å². The number of morpholine rings is 1. The van der Waals surface area contributed by atoms with E-state index in [0.717, 1.165) is 5.56 Å². The van der Waals surface area contributed by atoms with Crippen LogP contribution in [-0.2, 0) is 9.53 Å². The molecule has 1 N–H and O–H groups in total. The normalized spacial score (nSPS) is 22.5. The highest BCUT2D eigenvalue weighted by Crippen LogP contribution is 2.17. The molecule has 0 bridgehead atoms. The second-order valence-corrected chi connectivity index (χ2v) is 2.83. The van der Waals surface area contributed by atoms with Crippen LogP contribution in [0, 0.1) is 0 Å². The van der Waals surface area contributed by atoms with E-state index >= 15 is 0 Å². The Kier molecular flexibility index (Phi) is 2.23. The van der Waals surface area contributed by atoms with Crippen molar-refractivity contribution in [1.29, 1.82) is 0 Å². The molecule has 1 aromatic heterocycles. The fourth-order valence-electron chi connectivity index (χ4n) is 1.30. The molecule has 1 amide bonds. The van der Waals surface area contributed by atoms with E-state index in [-0.39, 0.29) is 5.91 Å². The van der Waals surface area contributed by atoms with E-state index < -0.39 is 6.10 Å². The van der Waals surface area contributed by atoms with Gasteiger partial charge in [0.25, 0.3) is 5.91 Å². The lowest BCUT2D eigenvalue weighted by atomic mass is 10.1. The van der Waals surface area contributed by atoms with E-state index in [1.807, 2.05) is 6.07 Å². The number of carbonyl (C=O) groups is 1. The summed E-state index contributed by atoms with van der Waals surface area (Å²) in [5, 5.41) is 2.74. The van der Waals surface area contributed by atoms with Crippen LogP contribution in [0.3, 0.4) is 0 Å². The molecule has 68 valence electrons. The van der Waals surface area contributed by atoms with Crippen molar-refractivity contribution in [3.8, 4) is 0 Å². The Morgan fingerprint density at radius 2 is 2.54 bits per heavy atom. The van der Waals surface area contributed by atoms with E-state index in [2.05, 4.69) is 10.3 Å². The van der Waals surface area contributed by atoms with Crippen LogP contribution in [0.2, 0.25) is 0 Å². The molecule has 0 radical (unpaired) electrons. The summed E-state index contributed by atoms with van der Waals surface area (Å²) < 4.78 is 5.32. The number of ether oxygens (including phenoxy) is 1. The van der Waals surface area contributed by atoms with Gasteiger partial charge >= 0.3 is 0 Å². The molecule has 13 heavy (non-hydrogen) atoms. The molecule has 2 heterocycles. The predicted octanol–water partition coefficient (Wildman–Crippen LogP) is 0.269. The van der Waals surface area contributed by atoms with Crippen molar-refractivity contribution in [2.24, 2.45) is 0 Å². The summed E-state index contributed by atoms with van der Waals surface area (Å²) in [6.45, 7) is 1.15. The van der Waals surface area contributed by atoms with Crippen LogP contribution < -0.4 is 5.32 Å². The summed E-state index contributed by atoms with van der Waals surface area (Å²) in [4.78, 5) is 15.3. The largest absolute Gasteiger partial charge is 0.362 e. The average Bonchev–Trinajstić information content (AvgIpc) is 2.20. The zero-order valence-corrected chi connectivity index (χ0v) is 7.06. The topological polar surface area (TPSA) is 51.2 Å². The van der Waals surface area contributed by atoms with Crippen LogP contribution in [0.5, 0.6) is 0 Å². The maximum Gasteiger partial charge on any atom is 0.253 e. The summed E-state index contributed by atoms with van der Waals surface area (Å²) in [7, 11) is 0. The molecule has 1 unspecified atom stereocenters. The lowest BCUT2D eigenvalue weighted by Gasteiger charge is -2.22. The summed E-state index contributed by atoms with van der Waals surface area (Å²) in [6, 6.07) is 3.63. The van der Waals surface area contributed by atoms with Crippen LogP contribution in [-0.4, -0.2) is 24.0 Å². The highest BCUT2D eigenvalue weighted by Gasteiger charge is 2.24. The molecule has 4 nitrogen and oxygen atoms in total. The van der Waals surface area contributed by atoms with Crippen LogP contribution in [0.25, 0.3) is 0 Å². The summed E-state index contributed by atoms with van der Waals surface area (Å²) in [5.41, 5.74) is 0.805. The Morgan fingerprint density at radius 1 is 1.62 bits per heavy atom. The van der Waals surface area contributed by atoms with Gasteiger partial charge in [-0.05, 0) is 6.07 Å². The van der Waals surface area contributed by atoms with Crippen molar-refractivity contribution in [1.82, 2.24) is 10.3 Å². The van der Waals surface area contributed by atoms with Gasteiger partial charge in [0.15, 0.2) is 6.10 Å². The fraction of sp³-hybridized carbons (Fsp3) is 0.333. The summed E-state index contributed by atoms with van der Waals surface area (Å²) in [6.07, 6.45) is 2.84. The molecule has 0 spiro atoms. The third kappa shape index (κ3) is 1.67. The minimum Gasteiger partial charge on any atom is -0.362 e. The molecule has 1 atom stereocenters. The molecule has 1 aliphatic rings. The standard InChI is InChI=1S/C9H10N2O2/c12-9-8(13-5-4-11-9)7-2-1-3-10-6-7/h1-3,6,8H,4-5H2,(H,11,12). The first-order chi connectivity index (χ1) is 6.38. The number of hydrogen-bond donors (Lipinski definition) is 1. The molecule has 0 aliphatic carbocycles. The van der Waals surface area contributed by atoms with Crippen LogP contribution in [0.1, 0.15) is 11.7 Å². The van der Waals surface area contributed by atoms with Crippen molar-refractivity contribution < 1.29 is 9.53 Å². The zero-order valence-electron chi connectivity index (χ0n) is 7.06. The Morgan fingerprint density at radius 3 is 3.23 bits per heavy atom. The lowest BCUT2D eigenvalue weighted by molar-refractivity contribution is -0.138. The average molecular weight is 178 g/mol. The number of nitrogens with one attached hydrogen (secondary N) is 1. The molecule has 0 aromatic carbocycles. The van der Waals surface area contributed by atoms with Crippen LogP contribution >= 0.6 is 0 Å². The molecular weight excluding hydrogens is 168 g/mol. The number of pyridine rings is 1. The molecule has 1 saturated heterocycles. The van der Waals surface area contributed by atoms with E-state index in [9.17, 15) is 4.79 Å². The van der Waals surface area contributed by atoms with Crippen molar-refractivity contribution >= 4 is 5.91 Å². The predicted molar refractivity (Wildman–Crippen MR) is 45.9 cm³/mol. The zero-order chi connectivity index (χ0) is 9.10. The molecule has 2 rings (SSSR count). The monoisotopic (exact) mass is 178 g/mol. The first-order valence-electron chi connectivity index (χ1n) is 4.17. The molecule has 1 aliphatic heterocycles. The van der Waals surface area contributed by atoms with Gasteiger partial charge in [-0.1, -0.05) is 6.07 Å². The maximum absolute atomic E-state index is 11.3. The van der Waals surface area contributed by atoms with Gasteiger partial charge in [0, 0.05) is 24.5 Å². The molecule has 1 aromatic rings. The lowest BCUT2D eigenvalue weighted by Crippen LogP contribution is -2.39. The second kappa shape index (κ2) is 3.53. The van der Waals surface area contributed by atoms with E-state index in [0.29, 0.717) is 13.2 Å². The quantitative estimate of drug-likeness (QED) is 0.671. The van der Waals surface area contributed by atoms with Gasteiger partial charge in [-0.2, -0.15) is 0 Å². The fourth-order valence-corrected chi connectivity index (χ4v) is 1.30. The number of aromatic nitrogens is 1. The SMILES string of the molecule is O=C1NCCOC1c1cccnc1. The number of amides is 1. The smallest absolute Gasteiger partial charge is 0.253 e. The number of rotatable bonds is 1. The molecule has 0 saturated carbocycles. The number of nitrogens with zero attached hydrogens (tertiary/aromatic N) is 1.